The molecule has 138 valence electrons. The maximum atomic E-state index is 13.1. The minimum atomic E-state index is -0.436. The summed E-state index contributed by atoms with van der Waals surface area (Å²) in [5.41, 5.74) is 5.82. The molecule has 0 radical (unpaired) electrons. The first-order valence-electron chi connectivity index (χ1n) is 8.85. The van der Waals surface area contributed by atoms with E-state index in [9.17, 15) is 4.79 Å². The fourth-order valence-electron chi connectivity index (χ4n) is 2.65. The Morgan fingerprint density at radius 2 is 1.48 bits per heavy atom. The minimum absolute atomic E-state index is 0.0884. The van der Waals surface area contributed by atoms with Gasteiger partial charge in [-0.15, -0.1) is 0 Å². The summed E-state index contributed by atoms with van der Waals surface area (Å²) in [6.07, 6.45) is 0. The van der Waals surface area contributed by atoms with Crippen LogP contribution in [0.1, 0.15) is 33.3 Å². The van der Waals surface area contributed by atoms with E-state index in [-0.39, 0.29) is 5.91 Å². The van der Waals surface area contributed by atoms with E-state index in [1.54, 1.807) is 0 Å². The third-order valence-corrected chi connectivity index (χ3v) is 5.61. The van der Waals surface area contributed by atoms with E-state index in [1.807, 2.05) is 82.3 Å². The largest absolute Gasteiger partial charge is 0.325 e. The van der Waals surface area contributed by atoms with Gasteiger partial charge in [0.25, 0.3) is 0 Å². The highest BCUT2D eigenvalue weighted by Crippen LogP contribution is 2.35. The Kier molecular flexibility index (Phi) is 5.91. The topological polar surface area (TPSA) is 54.9 Å². The third kappa shape index (κ3) is 4.74. The molecule has 1 N–H and O–H groups in total. The van der Waals surface area contributed by atoms with Crippen LogP contribution in [0, 0.1) is 27.7 Å². The number of carbonyl (C=O) groups excluding carboxylic acids is 1. The fraction of sp³-hybridized carbons (Fsp3) is 0.227. The molecule has 0 aliphatic carbocycles. The molecule has 0 saturated carbocycles. The Bertz CT molecular complexity index is 917. The van der Waals surface area contributed by atoms with Crippen molar-refractivity contribution in [1.82, 2.24) is 9.97 Å². The zero-order chi connectivity index (χ0) is 19.4. The van der Waals surface area contributed by atoms with Crippen molar-refractivity contribution in [2.75, 3.05) is 5.32 Å². The lowest BCUT2D eigenvalue weighted by Crippen LogP contribution is -2.19. The number of aryl methyl sites for hydroxylation is 3. The highest BCUT2D eigenvalue weighted by atomic mass is 32.2. The summed E-state index contributed by atoms with van der Waals surface area (Å²) in [5.74, 6) is -0.0884. The number of nitrogens with one attached hydrogen (secondary N) is 1. The van der Waals surface area contributed by atoms with E-state index >= 15 is 0 Å². The first-order valence-corrected chi connectivity index (χ1v) is 9.73. The van der Waals surface area contributed by atoms with Crippen molar-refractivity contribution in [3.05, 3.63) is 82.7 Å². The predicted molar refractivity (Wildman–Crippen MR) is 111 cm³/mol. The molecule has 5 heteroatoms. The molecular formula is C22H23N3OS. The van der Waals surface area contributed by atoms with E-state index in [0.29, 0.717) is 5.16 Å². The molecule has 1 aromatic heterocycles. The smallest absolute Gasteiger partial charge is 0.242 e. The highest BCUT2D eigenvalue weighted by Gasteiger charge is 2.24. The molecule has 4 nitrogen and oxygen atoms in total. The molecule has 2 aromatic carbocycles. The number of nitrogens with zero attached hydrogens (tertiary/aromatic N) is 2. The summed E-state index contributed by atoms with van der Waals surface area (Å²) in [5, 5.41) is 3.19. The molecule has 3 rings (SSSR count). The molecule has 0 unspecified atom stereocenters. The molecule has 0 fully saturated rings. The number of hydrogen-bond donors (Lipinski definition) is 1. The molecule has 1 heterocycles. The van der Waals surface area contributed by atoms with Gasteiger partial charge in [0.15, 0.2) is 5.16 Å². The van der Waals surface area contributed by atoms with Gasteiger partial charge in [-0.05, 0) is 51.0 Å². The van der Waals surface area contributed by atoms with Gasteiger partial charge in [0.2, 0.25) is 5.91 Å². The lowest BCUT2D eigenvalue weighted by Gasteiger charge is -2.17. The van der Waals surface area contributed by atoms with Crippen molar-refractivity contribution in [2.24, 2.45) is 0 Å². The van der Waals surface area contributed by atoms with Crippen LogP contribution in [0.5, 0.6) is 0 Å². The van der Waals surface area contributed by atoms with Crippen molar-refractivity contribution in [3.8, 4) is 0 Å². The van der Waals surface area contributed by atoms with Crippen LogP contribution in [0.25, 0.3) is 0 Å². The number of anilines is 1. The van der Waals surface area contributed by atoms with Crippen molar-refractivity contribution in [2.45, 2.75) is 38.1 Å². The van der Waals surface area contributed by atoms with Crippen LogP contribution < -0.4 is 5.32 Å². The summed E-state index contributed by atoms with van der Waals surface area (Å²) in [7, 11) is 0. The molecular weight excluding hydrogens is 354 g/mol. The van der Waals surface area contributed by atoms with Crippen LogP contribution in [-0.2, 0) is 4.79 Å². The van der Waals surface area contributed by atoms with E-state index in [0.717, 1.165) is 33.8 Å². The van der Waals surface area contributed by atoms with Crippen LogP contribution in [0.15, 0.2) is 59.8 Å². The number of amides is 1. The Morgan fingerprint density at radius 1 is 0.889 bits per heavy atom. The lowest BCUT2D eigenvalue weighted by atomic mass is 10.1. The molecule has 0 saturated heterocycles. The van der Waals surface area contributed by atoms with Gasteiger partial charge in [-0.25, -0.2) is 9.97 Å². The number of aromatic nitrogens is 2. The maximum absolute atomic E-state index is 13.1. The zero-order valence-corrected chi connectivity index (χ0v) is 16.8. The number of rotatable bonds is 5. The number of benzene rings is 2. The van der Waals surface area contributed by atoms with E-state index in [1.165, 1.54) is 11.8 Å². The molecule has 27 heavy (non-hydrogen) atoms. The summed E-state index contributed by atoms with van der Waals surface area (Å²) >= 11 is 1.38. The molecule has 3 aromatic rings. The normalized spacial score (nSPS) is 11.9. The second-order valence-electron chi connectivity index (χ2n) is 6.57. The molecule has 1 amide bonds. The second-order valence-corrected chi connectivity index (χ2v) is 7.64. The first-order chi connectivity index (χ1) is 12.9. The van der Waals surface area contributed by atoms with Crippen LogP contribution in [-0.4, -0.2) is 15.9 Å². The Morgan fingerprint density at radius 3 is 2.07 bits per heavy atom. The van der Waals surface area contributed by atoms with Crippen LogP contribution in [0.3, 0.4) is 0 Å². The van der Waals surface area contributed by atoms with Crippen LogP contribution >= 0.6 is 11.8 Å². The standard InChI is InChI=1S/C22H23N3OS/c1-14-10-12-19(13-11-14)25-21(26)20(18-8-6-5-7-9-18)27-22-23-16(3)15(2)17(4)24-22/h5-13,20H,1-4H3,(H,25,26)/t20-/m1/s1. The molecule has 0 spiro atoms. The van der Waals surface area contributed by atoms with E-state index in [4.69, 9.17) is 0 Å². The van der Waals surface area contributed by atoms with Crippen LogP contribution in [0.4, 0.5) is 5.69 Å². The Balaban J connectivity index is 1.89. The van der Waals surface area contributed by atoms with E-state index in [2.05, 4.69) is 15.3 Å². The molecule has 0 bridgehead atoms. The van der Waals surface area contributed by atoms with Crippen molar-refractivity contribution >= 4 is 23.4 Å². The first kappa shape index (κ1) is 19.1. The van der Waals surface area contributed by atoms with Crippen molar-refractivity contribution in [1.29, 1.82) is 0 Å². The maximum Gasteiger partial charge on any atom is 0.242 e. The van der Waals surface area contributed by atoms with Crippen molar-refractivity contribution < 1.29 is 4.79 Å². The number of carbonyl (C=O) groups is 1. The fourth-order valence-corrected chi connectivity index (χ4v) is 3.69. The van der Waals surface area contributed by atoms with Gasteiger partial charge >= 0.3 is 0 Å². The van der Waals surface area contributed by atoms with Gasteiger partial charge in [-0.2, -0.15) is 0 Å². The number of thioether (sulfide) groups is 1. The SMILES string of the molecule is Cc1ccc(NC(=O)[C@H](Sc2nc(C)c(C)c(C)n2)c2ccccc2)cc1. The van der Waals surface area contributed by atoms with E-state index < -0.39 is 5.25 Å². The van der Waals surface area contributed by atoms with Gasteiger partial charge in [0.1, 0.15) is 5.25 Å². The van der Waals surface area contributed by atoms with Crippen LogP contribution in [0.2, 0.25) is 0 Å². The molecule has 0 aliphatic heterocycles. The summed E-state index contributed by atoms with van der Waals surface area (Å²) in [6.45, 7) is 7.97. The van der Waals surface area contributed by atoms with Gasteiger partial charge in [0.05, 0.1) is 0 Å². The molecule has 0 aliphatic rings. The predicted octanol–water partition coefficient (Wildman–Crippen LogP) is 5.18. The number of hydrogen-bond acceptors (Lipinski definition) is 4. The third-order valence-electron chi connectivity index (χ3n) is 4.49. The average Bonchev–Trinajstić information content (AvgIpc) is 2.66. The van der Waals surface area contributed by atoms with Gasteiger partial charge in [0, 0.05) is 17.1 Å². The Hall–Kier alpha value is -2.66. The average molecular weight is 378 g/mol. The lowest BCUT2D eigenvalue weighted by molar-refractivity contribution is -0.115. The summed E-state index contributed by atoms with van der Waals surface area (Å²) in [6, 6.07) is 17.5. The van der Waals surface area contributed by atoms with Gasteiger partial charge < -0.3 is 5.32 Å². The summed E-state index contributed by atoms with van der Waals surface area (Å²) < 4.78 is 0. The minimum Gasteiger partial charge on any atom is -0.325 e. The highest BCUT2D eigenvalue weighted by molar-refractivity contribution is 8.00. The quantitative estimate of drug-likeness (QED) is 0.491. The zero-order valence-electron chi connectivity index (χ0n) is 16.0. The van der Waals surface area contributed by atoms with Crippen molar-refractivity contribution in [3.63, 3.8) is 0 Å². The molecule has 1 atom stereocenters. The second kappa shape index (κ2) is 8.35. The summed E-state index contributed by atoms with van der Waals surface area (Å²) in [4.78, 5) is 22.2. The monoisotopic (exact) mass is 377 g/mol. The Labute approximate surface area is 164 Å². The van der Waals surface area contributed by atoms with Gasteiger partial charge in [-0.3, -0.25) is 4.79 Å². The van der Waals surface area contributed by atoms with Gasteiger partial charge in [-0.1, -0.05) is 59.8 Å².